The van der Waals surface area contributed by atoms with E-state index in [9.17, 15) is 22.6 Å². The minimum absolute atomic E-state index is 0. The summed E-state index contributed by atoms with van der Waals surface area (Å²) in [5.41, 5.74) is -1.56. The van der Waals surface area contributed by atoms with E-state index in [0.29, 0.717) is 38.5 Å². The molecule has 0 rings (SSSR count). The van der Waals surface area contributed by atoms with Crippen LogP contribution in [0.2, 0.25) is 0 Å². The Morgan fingerprint density at radius 3 is 1.48 bits per heavy atom. The number of rotatable bonds is 18. The summed E-state index contributed by atoms with van der Waals surface area (Å²) in [6, 6.07) is 0. The molecule has 9 heteroatoms. The van der Waals surface area contributed by atoms with Crippen molar-refractivity contribution in [1.29, 1.82) is 0 Å². The van der Waals surface area contributed by atoms with E-state index >= 15 is 0 Å². The molecule has 7 nitrogen and oxygen atoms in total. The van der Waals surface area contributed by atoms with Crippen LogP contribution in [0.3, 0.4) is 0 Å². The van der Waals surface area contributed by atoms with Crippen LogP contribution in [0.15, 0.2) is 0 Å². The molecule has 0 aromatic rings. The molecule has 0 spiro atoms. The van der Waals surface area contributed by atoms with Gasteiger partial charge in [0.2, 0.25) is 0 Å². The Hall–Kier alpha value is -0.150. The van der Waals surface area contributed by atoms with Gasteiger partial charge in [0.25, 0.3) is 0 Å². The quantitative estimate of drug-likeness (QED) is 0.123. The van der Waals surface area contributed by atoms with E-state index in [-0.39, 0.29) is 29.6 Å². The molecule has 1 unspecified atom stereocenters. The predicted molar refractivity (Wildman–Crippen MR) is 125 cm³/mol. The van der Waals surface area contributed by atoms with Gasteiger partial charge in [0.15, 0.2) is 5.25 Å². The summed E-state index contributed by atoms with van der Waals surface area (Å²) in [4.78, 5) is 25.5. The minimum Gasteiger partial charge on any atom is -0.747 e. The van der Waals surface area contributed by atoms with Crippen LogP contribution < -0.4 is 29.6 Å². The Bertz CT molecular complexity index is 656. The summed E-state index contributed by atoms with van der Waals surface area (Å²) in [6.45, 7) is 11.7. The second-order valence-corrected chi connectivity index (χ2v) is 10.3. The molecule has 33 heavy (non-hydrogen) atoms. The molecule has 1 atom stereocenters. The summed E-state index contributed by atoms with van der Waals surface area (Å²) in [7, 11) is -5.09. The van der Waals surface area contributed by atoms with Gasteiger partial charge in [-0.05, 0) is 51.4 Å². The molecular formula is C24H45NaO7S. The Balaban J connectivity index is 0. The van der Waals surface area contributed by atoms with E-state index in [1.807, 2.05) is 27.7 Å². The second-order valence-electron chi connectivity index (χ2n) is 8.78. The maximum absolute atomic E-state index is 12.8. The molecule has 190 valence electrons. The largest absolute Gasteiger partial charge is 1.00 e. The number of ether oxygens (including phenoxy) is 2. The number of unbranched alkanes of at least 4 members (excludes halogenated alkanes) is 4. The van der Waals surface area contributed by atoms with Gasteiger partial charge < -0.3 is 14.0 Å². The van der Waals surface area contributed by atoms with Gasteiger partial charge in [0, 0.05) is 0 Å². The van der Waals surface area contributed by atoms with E-state index in [1.165, 1.54) is 0 Å². The molecule has 0 aliphatic heterocycles. The van der Waals surface area contributed by atoms with E-state index in [1.54, 1.807) is 0 Å². The maximum Gasteiger partial charge on any atom is 1.00 e. The standard InChI is InChI=1S/C24H46O7S.Na/c1-7-13-15-17-23(9-3,10-4)30-21(25)19-20(32(27,28)29)22(26)31-24(11-5,12-6)18-16-14-8-2;/h20H,7-19H2,1-6H3,(H,27,28,29);/q;+1/p-1. The topological polar surface area (TPSA) is 110 Å². The fourth-order valence-electron chi connectivity index (χ4n) is 4.01. The first-order valence-electron chi connectivity index (χ1n) is 12.4. The summed E-state index contributed by atoms with van der Waals surface area (Å²) in [5, 5.41) is -2.10. The number of hydrogen-bond donors (Lipinski definition) is 0. The SMILES string of the molecule is CCCCCC(CC)(CC)OC(=O)CC(C(=O)OC(CC)(CC)CCCCC)S(=O)(=O)[O-].[Na+]. The van der Waals surface area contributed by atoms with Crippen molar-refractivity contribution in [2.24, 2.45) is 0 Å². The average Bonchev–Trinajstić information content (AvgIpc) is 2.75. The first kappa shape index (κ1) is 35.0. The molecule has 0 bridgehead atoms. The zero-order chi connectivity index (χ0) is 24.8. The van der Waals surface area contributed by atoms with Crippen molar-refractivity contribution in [3.63, 3.8) is 0 Å². The van der Waals surface area contributed by atoms with Crippen molar-refractivity contribution >= 4 is 22.1 Å². The zero-order valence-corrected chi connectivity index (χ0v) is 24.9. The molecule has 0 aliphatic carbocycles. The van der Waals surface area contributed by atoms with Crippen LogP contribution in [-0.4, -0.2) is 41.4 Å². The summed E-state index contributed by atoms with van der Waals surface area (Å²) < 4.78 is 46.9. The number of hydrogen-bond acceptors (Lipinski definition) is 7. The maximum atomic E-state index is 12.8. The van der Waals surface area contributed by atoms with Gasteiger partial charge in [-0.1, -0.05) is 67.2 Å². The Morgan fingerprint density at radius 1 is 0.758 bits per heavy atom. The van der Waals surface area contributed by atoms with Gasteiger partial charge in [-0.15, -0.1) is 0 Å². The fourth-order valence-corrected chi connectivity index (χ4v) is 4.63. The minimum atomic E-state index is -5.09. The van der Waals surface area contributed by atoms with Crippen LogP contribution in [0.25, 0.3) is 0 Å². The van der Waals surface area contributed by atoms with E-state index in [4.69, 9.17) is 9.47 Å². The normalized spacial score (nSPS) is 13.2. The van der Waals surface area contributed by atoms with Crippen LogP contribution in [0.4, 0.5) is 0 Å². The van der Waals surface area contributed by atoms with Crippen molar-refractivity contribution in [1.82, 2.24) is 0 Å². The summed E-state index contributed by atoms with van der Waals surface area (Å²) >= 11 is 0. The molecule has 0 amide bonds. The van der Waals surface area contributed by atoms with Crippen LogP contribution in [-0.2, 0) is 29.2 Å². The monoisotopic (exact) mass is 500 g/mol. The second kappa shape index (κ2) is 17.3. The molecule has 0 saturated carbocycles. The molecule has 0 aromatic carbocycles. The first-order chi connectivity index (χ1) is 15.0. The van der Waals surface area contributed by atoms with Gasteiger partial charge in [0.1, 0.15) is 21.3 Å². The van der Waals surface area contributed by atoms with E-state index in [0.717, 1.165) is 38.5 Å². The third-order valence-electron chi connectivity index (χ3n) is 6.66. The summed E-state index contributed by atoms with van der Waals surface area (Å²) in [6.07, 6.45) is 8.26. The van der Waals surface area contributed by atoms with Gasteiger partial charge in [-0.25, -0.2) is 8.42 Å². The Kier molecular flexibility index (Phi) is 18.4. The summed E-state index contributed by atoms with van der Waals surface area (Å²) in [5.74, 6) is -2.00. The van der Waals surface area contributed by atoms with Crippen LogP contribution >= 0.6 is 0 Å². The molecule has 0 N–H and O–H groups in total. The van der Waals surface area contributed by atoms with Crippen LogP contribution in [0, 0.1) is 0 Å². The van der Waals surface area contributed by atoms with Crippen molar-refractivity contribution < 1.29 is 61.6 Å². The van der Waals surface area contributed by atoms with Crippen LogP contribution in [0.5, 0.6) is 0 Å². The number of carbonyl (C=O) groups is 2. The Labute approximate surface area is 224 Å². The van der Waals surface area contributed by atoms with E-state index < -0.39 is 44.9 Å². The zero-order valence-electron chi connectivity index (χ0n) is 22.0. The van der Waals surface area contributed by atoms with Crippen molar-refractivity contribution in [3.05, 3.63) is 0 Å². The molecule has 0 radical (unpaired) electrons. The van der Waals surface area contributed by atoms with Crippen molar-refractivity contribution in [3.8, 4) is 0 Å². The van der Waals surface area contributed by atoms with Gasteiger partial charge in [0.05, 0.1) is 6.42 Å². The first-order valence-corrected chi connectivity index (χ1v) is 13.8. The fraction of sp³-hybridized carbons (Fsp3) is 0.917. The predicted octanol–water partition coefficient (Wildman–Crippen LogP) is 2.66. The average molecular weight is 501 g/mol. The van der Waals surface area contributed by atoms with Crippen molar-refractivity contribution in [2.45, 2.75) is 141 Å². The molecular weight excluding hydrogens is 455 g/mol. The van der Waals surface area contributed by atoms with Gasteiger partial charge in [-0.2, -0.15) is 0 Å². The third-order valence-corrected chi connectivity index (χ3v) is 7.72. The smallest absolute Gasteiger partial charge is 0.747 e. The van der Waals surface area contributed by atoms with Gasteiger partial charge in [-0.3, -0.25) is 9.59 Å². The third kappa shape index (κ3) is 12.4. The number of esters is 2. The Morgan fingerprint density at radius 2 is 1.15 bits per heavy atom. The molecule has 0 fully saturated rings. The molecule has 0 saturated heterocycles. The molecule has 0 heterocycles. The van der Waals surface area contributed by atoms with E-state index in [2.05, 4.69) is 13.8 Å². The van der Waals surface area contributed by atoms with Crippen LogP contribution in [0.1, 0.15) is 125 Å². The van der Waals surface area contributed by atoms with Crippen molar-refractivity contribution in [2.75, 3.05) is 0 Å². The molecule has 0 aromatic heterocycles. The number of carbonyl (C=O) groups excluding carboxylic acids is 2. The molecule has 0 aliphatic rings. The van der Waals surface area contributed by atoms with Gasteiger partial charge >= 0.3 is 41.5 Å².